The molecule has 0 radical (unpaired) electrons. The number of hydrogen-bond acceptors (Lipinski definition) is 6. The zero-order valence-electron chi connectivity index (χ0n) is 12.9. The van der Waals surface area contributed by atoms with E-state index < -0.39 is 10.9 Å². The molecule has 0 aliphatic heterocycles. The summed E-state index contributed by atoms with van der Waals surface area (Å²) in [5, 5.41) is 14.5. The summed E-state index contributed by atoms with van der Waals surface area (Å²) < 4.78 is 9.98. The Balaban J connectivity index is 2.28. The summed E-state index contributed by atoms with van der Waals surface area (Å²) >= 11 is 0. The second kappa shape index (κ2) is 6.74. The van der Waals surface area contributed by atoms with E-state index in [1.165, 1.54) is 13.2 Å². The minimum atomic E-state index is -0.709. The molecule has 1 aromatic rings. The van der Waals surface area contributed by atoms with Gasteiger partial charge in [-0.2, -0.15) is 0 Å². The number of rotatable bonds is 5. The maximum atomic E-state index is 11.8. The van der Waals surface area contributed by atoms with Crippen molar-refractivity contribution >= 4 is 17.3 Å². The Morgan fingerprint density at radius 1 is 1.36 bits per heavy atom. The van der Waals surface area contributed by atoms with Gasteiger partial charge in [0.1, 0.15) is 5.56 Å². The maximum Gasteiger partial charge on any atom is 0.344 e. The van der Waals surface area contributed by atoms with E-state index in [2.05, 4.69) is 10.1 Å². The van der Waals surface area contributed by atoms with Gasteiger partial charge >= 0.3 is 5.97 Å². The van der Waals surface area contributed by atoms with Gasteiger partial charge in [-0.05, 0) is 38.3 Å². The summed E-state index contributed by atoms with van der Waals surface area (Å²) in [5.74, 6) is -0.709. The van der Waals surface area contributed by atoms with E-state index in [1.807, 2.05) is 0 Å². The molecule has 7 heteroatoms. The Morgan fingerprint density at radius 2 is 2.09 bits per heavy atom. The lowest BCUT2D eigenvalue weighted by molar-refractivity contribution is -0.385. The summed E-state index contributed by atoms with van der Waals surface area (Å²) in [6.45, 7) is 1.61. The third-order valence-electron chi connectivity index (χ3n) is 3.98. The van der Waals surface area contributed by atoms with Crippen molar-refractivity contribution in [3.63, 3.8) is 0 Å². The van der Waals surface area contributed by atoms with Gasteiger partial charge in [0.15, 0.2) is 0 Å². The van der Waals surface area contributed by atoms with E-state index >= 15 is 0 Å². The maximum absolute atomic E-state index is 11.8. The summed E-state index contributed by atoms with van der Waals surface area (Å²) in [6.07, 6.45) is 3.04. The number of nitrogens with zero attached hydrogens (tertiary/aromatic N) is 1. The number of benzene rings is 1. The van der Waals surface area contributed by atoms with Gasteiger partial charge in [0.25, 0.3) is 5.69 Å². The van der Waals surface area contributed by atoms with Crippen LogP contribution in [-0.4, -0.2) is 37.3 Å². The molecule has 1 aliphatic carbocycles. The third-order valence-corrected chi connectivity index (χ3v) is 3.98. The van der Waals surface area contributed by atoms with Gasteiger partial charge in [0.2, 0.25) is 0 Å². The predicted octanol–water partition coefficient (Wildman–Crippen LogP) is 2.67. The summed E-state index contributed by atoms with van der Waals surface area (Å²) in [6, 6.07) is 3.40. The van der Waals surface area contributed by atoms with Crippen molar-refractivity contribution in [1.82, 2.24) is 0 Å². The fourth-order valence-corrected chi connectivity index (χ4v) is 2.89. The number of nitro groups is 1. The van der Waals surface area contributed by atoms with Crippen molar-refractivity contribution in [2.24, 2.45) is 0 Å². The number of anilines is 1. The summed E-state index contributed by atoms with van der Waals surface area (Å²) in [5.41, 5.74) is 0.872. The van der Waals surface area contributed by atoms with E-state index in [1.54, 1.807) is 20.1 Å². The van der Waals surface area contributed by atoms with Gasteiger partial charge in [-0.15, -0.1) is 0 Å². The van der Waals surface area contributed by atoms with Crippen LogP contribution in [-0.2, 0) is 9.47 Å². The fourth-order valence-electron chi connectivity index (χ4n) is 2.89. The molecule has 2 atom stereocenters. The van der Waals surface area contributed by atoms with Crippen LogP contribution in [0.15, 0.2) is 12.1 Å². The SMILES string of the molecule is COC(=O)c1cc(NC2CCC(OC)C2)cc(C)c1[N+](=O)[O-]. The molecule has 0 spiro atoms. The van der Waals surface area contributed by atoms with Crippen molar-refractivity contribution in [3.05, 3.63) is 33.4 Å². The number of ether oxygens (including phenoxy) is 2. The average Bonchev–Trinajstić information content (AvgIpc) is 2.92. The molecule has 22 heavy (non-hydrogen) atoms. The van der Waals surface area contributed by atoms with E-state index in [0.717, 1.165) is 19.3 Å². The number of carbonyl (C=O) groups is 1. The first kappa shape index (κ1) is 16.2. The van der Waals surface area contributed by atoms with Crippen LogP contribution in [0.5, 0.6) is 0 Å². The lowest BCUT2D eigenvalue weighted by atomic mass is 10.1. The second-order valence-corrected chi connectivity index (χ2v) is 5.45. The molecule has 2 unspecified atom stereocenters. The Bertz CT molecular complexity index is 588. The van der Waals surface area contributed by atoms with Crippen LogP contribution in [0.25, 0.3) is 0 Å². The van der Waals surface area contributed by atoms with Crippen LogP contribution in [0.3, 0.4) is 0 Å². The number of methoxy groups -OCH3 is 2. The van der Waals surface area contributed by atoms with Crippen LogP contribution in [0, 0.1) is 17.0 Å². The number of aryl methyl sites for hydroxylation is 1. The quantitative estimate of drug-likeness (QED) is 0.511. The number of nitro benzene ring substituents is 1. The summed E-state index contributed by atoms with van der Waals surface area (Å²) in [4.78, 5) is 22.4. The molecule has 0 heterocycles. The molecule has 0 saturated heterocycles. The van der Waals surface area contributed by atoms with Crippen molar-refractivity contribution in [2.45, 2.75) is 38.3 Å². The molecule has 2 rings (SSSR count). The molecule has 1 fully saturated rings. The minimum Gasteiger partial charge on any atom is -0.465 e. The van der Waals surface area contributed by atoms with Gasteiger partial charge in [0.05, 0.1) is 18.1 Å². The molecule has 1 saturated carbocycles. The number of esters is 1. The molecule has 1 aromatic carbocycles. The first-order chi connectivity index (χ1) is 10.5. The Kier molecular flexibility index (Phi) is 4.97. The molecule has 7 nitrogen and oxygen atoms in total. The zero-order valence-corrected chi connectivity index (χ0v) is 12.9. The van der Waals surface area contributed by atoms with Gasteiger partial charge in [-0.25, -0.2) is 4.79 Å². The number of carbonyl (C=O) groups excluding carboxylic acids is 1. The highest BCUT2D eigenvalue weighted by atomic mass is 16.6. The van der Waals surface area contributed by atoms with Gasteiger partial charge in [-0.3, -0.25) is 10.1 Å². The average molecular weight is 308 g/mol. The van der Waals surface area contributed by atoms with Crippen LogP contribution in [0.2, 0.25) is 0 Å². The lowest BCUT2D eigenvalue weighted by Gasteiger charge is -2.16. The molecule has 1 N–H and O–H groups in total. The number of nitrogens with one attached hydrogen (secondary N) is 1. The van der Waals surface area contributed by atoms with Crippen LogP contribution in [0.4, 0.5) is 11.4 Å². The van der Waals surface area contributed by atoms with Crippen molar-refractivity contribution in [2.75, 3.05) is 19.5 Å². The van der Waals surface area contributed by atoms with Crippen LogP contribution < -0.4 is 5.32 Å². The van der Waals surface area contributed by atoms with Crippen molar-refractivity contribution in [1.29, 1.82) is 0 Å². The molecular formula is C15H20N2O5. The molecule has 1 aliphatic rings. The topological polar surface area (TPSA) is 90.7 Å². The second-order valence-electron chi connectivity index (χ2n) is 5.45. The minimum absolute atomic E-state index is 0.0312. The highest BCUT2D eigenvalue weighted by molar-refractivity contribution is 5.95. The normalized spacial score (nSPS) is 20.7. The van der Waals surface area contributed by atoms with E-state index in [4.69, 9.17) is 4.74 Å². The first-order valence-corrected chi connectivity index (χ1v) is 7.13. The summed E-state index contributed by atoms with van der Waals surface area (Å²) in [7, 11) is 2.90. The highest BCUT2D eigenvalue weighted by Crippen LogP contribution is 2.31. The van der Waals surface area contributed by atoms with E-state index in [0.29, 0.717) is 11.3 Å². The standard InChI is InChI=1S/C15H20N2O5/c1-9-6-11(16-10-4-5-12(7-10)21-2)8-13(15(18)22-3)14(9)17(19)20/h6,8,10,12,16H,4-5,7H2,1-3H3. The Labute approximate surface area is 128 Å². The number of hydrogen-bond donors (Lipinski definition) is 1. The molecule has 120 valence electrons. The van der Waals surface area contributed by atoms with E-state index in [9.17, 15) is 14.9 Å². The predicted molar refractivity (Wildman–Crippen MR) is 81.2 cm³/mol. The van der Waals surface area contributed by atoms with Gasteiger partial charge in [-0.1, -0.05) is 0 Å². The largest absolute Gasteiger partial charge is 0.465 e. The highest BCUT2D eigenvalue weighted by Gasteiger charge is 2.27. The molecule has 0 bridgehead atoms. The van der Waals surface area contributed by atoms with Crippen molar-refractivity contribution in [3.8, 4) is 0 Å². The Morgan fingerprint density at radius 3 is 2.64 bits per heavy atom. The van der Waals surface area contributed by atoms with E-state index in [-0.39, 0.29) is 23.4 Å². The third kappa shape index (κ3) is 3.36. The molecule has 0 amide bonds. The van der Waals surface area contributed by atoms with Crippen LogP contribution >= 0.6 is 0 Å². The zero-order chi connectivity index (χ0) is 16.3. The smallest absolute Gasteiger partial charge is 0.344 e. The fraction of sp³-hybridized carbons (Fsp3) is 0.533. The van der Waals surface area contributed by atoms with Gasteiger partial charge in [0, 0.05) is 24.4 Å². The van der Waals surface area contributed by atoms with Crippen molar-refractivity contribution < 1.29 is 19.2 Å². The first-order valence-electron chi connectivity index (χ1n) is 7.13. The Hall–Kier alpha value is -2.15. The van der Waals surface area contributed by atoms with Crippen LogP contribution in [0.1, 0.15) is 35.2 Å². The lowest BCUT2D eigenvalue weighted by Crippen LogP contribution is -2.18. The molecule has 0 aromatic heterocycles. The monoisotopic (exact) mass is 308 g/mol. The molecular weight excluding hydrogens is 288 g/mol. The van der Waals surface area contributed by atoms with Gasteiger partial charge < -0.3 is 14.8 Å².